The van der Waals surface area contributed by atoms with E-state index in [9.17, 15) is 9.18 Å². The number of ether oxygens (including phenoxy) is 1. The molecule has 2 aromatic carbocycles. The number of hydrogen-bond acceptors (Lipinski definition) is 5. The number of hydrogen-bond donors (Lipinski definition) is 0. The summed E-state index contributed by atoms with van der Waals surface area (Å²) in [5.74, 6) is 0.521. The molecule has 0 N–H and O–H groups in total. The van der Waals surface area contributed by atoms with Crippen LogP contribution in [0.4, 0.5) is 4.39 Å². The summed E-state index contributed by atoms with van der Waals surface area (Å²) in [5.41, 5.74) is 2.53. The lowest BCUT2D eigenvalue weighted by Crippen LogP contribution is -2.47. The van der Waals surface area contributed by atoms with Gasteiger partial charge in [-0.15, -0.1) is 0 Å². The van der Waals surface area contributed by atoms with Gasteiger partial charge in [0.15, 0.2) is 5.78 Å². The Labute approximate surface area is 187 Å². The fourth-order valence-corrected chi connectivity index (χ4v) is 4.33. The number of piperazine rings is 1. The molecule has 0 bridgehead atoms. The normalized spacial score (nSPS) is 15.0. The standard InChI is InChI=1S/C25H27FN4O2/c1-32-25-8-7-20(26)15-19(25)16-28-11-13-29(14-12-28)18-24(31)22-17-30(10-4-9-27)23-6-3-2-5-21(22)23/h2-3,5-8,15,17H,4,10-14,16,18H2,1H3. The summed E-state index contributed by atoms with van der Waals surface area (Å²) >= 11 is 0. The van der Waals surface area contributed by atoms with Crippen LogP contribution in [0.1, 0.15) is 22.3 Å². The third kappa shape index (κ3) is 4.82. The van der Waals surface area contributed by atoms with E-state index in [1.165, 1.54) is 12.1 Å². The monoisotopic (exact) mass is 434 g/mol. The number of methoxy groups -OCH3 is 1. The number of halogens is 1. The number of Topliss-reactive ketones (excluding diaryl/α,β-unsaturated/α-hetero) is 1. The molecule has 3 aromatic rings. The number of carbonyl (C=O) groups excluding carboxylic acids is 1. The van der Waals surface area contributed by atoms with Crippen LogP contribution in [0.25, 0.3) is 10.9 Å². The highest BCUT2D eigenvalue weighted by Crippen LogP contribution is 2.24. The molecule has 1 aliphatic heterocycles. The Balaban J connectivity index is 1.38. The predicted molar refractivity (Wildman–Crippen MR) is 121 cm³/mol. The summed E-state index contributed by atoms with van der Waals surface area (Å²) in [5, 5.41) is 9.86. The molecule has 0 radical (unpaired) electrons. The van der Waals surface area contributed by atoms with E-state index in [2.05, 4.69) is 15.9 Å². The maximum atomic E-state index is 13.6. The molecule has 1 fully saturated rings. The molecule has 0 atom stereocenters. The maximum absolute atomic E-state index is 13.6. The van der Waals surface area contributed by atoms with E-state index in [0.29, 0.717) is 37.4 Å². The Bertz CT molecular complexity index is 1140. The molecule has 166 valence electrons. The zero-order valence-electron chi connectivity index (χ0n) is 18.3. The van der Waals surface area contributed by atoms with Gasteiger partial charge in [-0.1, -0.05) is 18.2 Å². The van der Waals surface area contributed by atoms with Gasteiger partial charge in [-0.3, -0.25) is 14.6 Å². The third-order valence-corrected chi connectivity index (χ3v) is 6.02. The van der Waals surface area contributed by atoms with Crippen LogP contribution in [0.5, 0.6) is 5.75 Å². The van der Waals surface area contributed by atoms with E-state index in [0.717, 1.165) is 42.6 Å². The molecule has 4 rings (SSSR count). The van der Waals surface area contributed by atoms with Crippen LogP contribution in [0.15, 0.2) is 48.7 Å². The van der Waals surface area contributed by atoms with E-state index in [-0.39, 0.29) is 11.6 Å². The Morgan fingerprint density at radius 1 is 1.12 bits per heavy atom. The number of para-hydroxylation sites is 1. The van der Waals surface area contributed by atoms with Crippen LogP contribution in [0, 0.1) is 17.1 Å². The quantitative estimate of drug-likeness (QED) is 0.506. The van der Waals surface area contributed by atoms with Gasteiger partial charge in [-0.25, -0.2) is 4.39 Å². The lowest BCUT2D eigenvalue weighted by atomic mass is 10.1. The van der Waals surface area contributed by atoms with Gasteiger partial charge in [0, 0.05) is 67.5 Å². The number of nitriles is 1. The number of nitrogens with zero attached hydrogens (tertiary/aromatic N) is 4. The molecule has 0 aliphatic carbocycles. The van der Waals surface area contributed by atoms with Crippen molar-refractivity contribution in [2.45, 2.75) is 19.5 Å². The van der Waals surface area contributed by atoms with E-state index in [1.807, 2.05) is 35.0 Å². The summed E-state index contributed by atoms with van der Waals surface area (Å²) in [6.07, 6.45) is 2.29. The molecule has 6 nitrogen and oxygen atoms in total. The minimum Gasteiger partial charge on any atom is -0.496 e. The van der Waals surface area contributed by atoms with Gasteiger partial charge in [0.25, 0.3) is 0 Å². The summed E-state index contributed by atoms with van der Waals surface area (Å²) in [7, 11) is 1.59. The van der Waals surface area contributed by atoms with Crippen molar-refractivity contribution in [3.05, 3.63) is 65.6 Å². The van der Waals surface area contributed by atoms with E-state index < -0.39 is 0 Å². The van der Waals surface area contributed by atoms with Gasteiger partial charge in [0.05, 0.1) is 26.1 Å². The van der Waals surface area contributed by atoms with Crippen LogP contribution in [-0.2, 0) is 13.1 Å². The molecule has 1 aliphatic rings. The Morgan fingerprint density at radius 3 is 2.62 bits per heavy atom. The molecule has 0 amide bonds. The summed E-state index contributed by atoms with van der Waals surface area (Å²) < 4.78 is 21.0. The minimum atomic E-state index is -0.265. The second-order valence-corrected chi connectivity index (χ2v) is 8.09. The molecule has 0 unspecified atom stereocenters. The first-order valence-electron chi connectivity index (χ1n) is 10.8. The SMILES string of the molecule is COc1ccc(F)cc1CN1CCN(CC(=O)c2cn(CCC#N)c3ccccc23)CC1. The third-order valence-electron chi connectivity index (χ3n) is 6.02. The zero-order valence-corrected chi connectivity index (χ0v) is 18.3. The topological polar surface area (TPSA) is 61.5 Å². The van der Waals surface area contributed by atoms with Gasteiger partial charge in [-0.05, 0) is 24.3 Å². The molecule has 0 saturated carbocycles. The van der Waals surface area contributed by atoms with Crippen LogP contribution in [0.2, 0.25) is 0 Å². The molecule has 32 heavy (non-hydrogen) atoms. The van der Waals surface area contributed by atoms with E-state index >= 15 is 0 Å². The predicted octanol–water partition coefficient (Wildman–Crippen LogP) is 3.70. The van der Waals surface area contributed by atoms with Crippen LogP contribution in [0.3, 0.4) is 0 Å². The molecular formula is C25H27FN4O2. The van der Waals surface area contributed by atoms with Gasteiger partial charge >= 0.3 is 0 Å². The van der Waals surface area contributed by atoms with Crippen molar-refractivity contribution < 1.29 is 13.9 Å². The number of fused-ring (bicyclic) bond motifs is 1. The first kappa shape index (κ1) is 22.0. The fourth-order valence-electron chi connectivity index (χ4n) is 4.33. The van der Waals surface area contributed by atoms with Crippen LogP contribution >= 0.6 is 0 Å². The highest BCUT2D eigenvalue weighted by atomic mass is 19.1. The lowest BCUT2D eigenvalue weighted by molar-refractivity contribution is 0.0844. The fraction of sp³-hybridized carbons (Fsp3) is 0.360. The smallest absolute Gasteiger partial charge is 0.178 e. The van der Waals surface area contributed by atoms with Crippen LogP contribution in [-0.4, -0.2) is 60.0 Å². The summed E-state index contributed by atoms with van der Waals surface area (Å²) in [6, 6.07) is 14.6. The number of aryl methyl sites for hydroxylation is 1. The lowest BCUT2D eigenvalue weighted by Gasteiger charge is -2.34. The largest absolute Gasteiger partial charge is 0.496 e. The average Bonchev–Trinajstić information content (AvgIpc) is 3.18. The number of benzene rings is 2. The number of rotatable bonds is 8. The van der Waals surface area contributed by atoms with Gasteiger partial charge in [0.2, 0.25) is 0 Å². The zero-order chi connectivity index (χ0) is 22.5. The minimum absolute atomic E-state index is 0.0946. The van der Waals surface area contributed by atoms with Crippen molar-refractivity contribution in [3.63, 3.8) is 0 Å². The molecule has 0 spiro atoms. The molecule has 1 saturated heterocycles. The van der Waals surface area contributed by atoms with Gasteiger partial charge in [0.1, 0.15) is 11.6 Å². The van der Waals surface area contributed by atoms with Crippen LogP contribution < -0.4 is 4.74 Å². The Hall–Kier alpha value is -3.21. The van der Waals surface area contributed by atoms with E-state index in [1.54, 1.807) is 13.2 Å². The first-order chi connectivity index (χ1) is 15.6. The molecule has 7 heteroatoms. The summed E-state index contributed by atoms with van der Waals surface area (Å²) in [4.78, 5) is 17.5. The van der Waals surface area contributed by atoms with Crippen molar-refractivity contribution in [1.29, 1.82) is 5.26 Å². The molecule has 1 aromatic heterocycles. The van der Waals surface area contributed by atoms with Crippen molar-refractivity contribution >= 4 is 16.7 Å². The molecule has 2 heterocycles. The molecular weight excluding hydrogens is 407 g/mol. The summed E-state index contributed by atoms with van der Waals surface area (Å²) in [6.45, 7) is 4.71. The number of carbonyl (C=O) groups is 1. The van der Waals surface area contributed by atoms with Crippen molar-refractivity contribution in [1.82, 2.24) is 14.4 Å². The number of ketones is 1. The number of aromatic nitrogens is 1. The Morgan fingerprint density at radius 2 is 1.88 bits per heavy atom. The highest BCUT2D eigenvalue weighted by Gasteiger charge is 2.22. The van der Waals surface area contributed by atoms with Crippen molar-refractivity contribution in [3.8, 4) is 11.8 Å². The highest BCUT2D eigenvalue weighted by molar-refractivity contribution is 6.09. The first-order valence-corrected chi connectivity index (χ1v) is 10.8. The Kier molecular flexibility index (Phi) is 6.84. The second kappa shape index (κ2) is 9.94. The van der Waals surface area contributed by atoms with E-state index in [4.69, 9.17) is 10.00 Å². The maximum Gasteiger partial charge on any atom is 0.178 e. The van der Waals surface area contributed by atoms with Crippen molar-refractivity contribution in [2.75, 3.05) is 39.8 Å². The van der Waals surface area contributed by atoms with Gasteiger partial charge < -0.3 is 9.30 Å². The second-order valence-electron chi connectivity index (χ2n) is 8.09. The average molecular weight is 435 g/mol. The van der Waals surface area contributed by atoms with Crippen molar-refractivity contribution in [2.24, 2.45) is 0 Å². The van der Waals surface area contributed by atoms with Gasteiger partial charge in [-0.2, -0.15) is 5.26 Å².